The number of rotatable bonds is 7. The van der Waals surface area contributed by atoms with E-state index in [-0.39, 0.29) is 18.7 Å². The van der Waals surface area contributed by atoms with E-state index in [1.807, 2.05) is 0 Å². The lowest BCUT2D eigenvalue weighted by molar-refractivity contribution is -0.135. The van der Waals surface area contributed by atoms with E-state index in [0.29, 0.717) is 18.0 Å². The summed E-state index contributed by atoms with van der Waals surface area (Å²) >= 11 is 1.22. The Labute approximate surface area is 113 Å². The highest BCUT2D eigenvalue weighted by molar-refractivity contribution is 7.14. The van der Waals surface area contributed by atoms with Crippen molar-refractivity contribution in [1.29, 1.82) is 0 Å². The molecule has 0 aromatic carbocycles. The molecule has 0 saturated carbocycles. The Bertz CT molecular complexity index is 407. The molecule has 108 valence electrons. The summed E-state index contributed by atoms with van der Waals surface area (Å²) in [5.74, 6) is -0.526. The molecule has 1 heterocycles. The van der Waals surface area contributed by atoms with Gasteiger partial charge in [0.1, 0.15) is 5.00 Å². The van der Waals surface area contributed by atoms with E-state index in [9.17, 15) is 18.0 Å². The van der Waals surface area contributed by atoms with Gasteiger partial charge < -0.3 is 10.1 Å². The number of unbranched alkanes of at least 4 members (excludes halogenated alkanes) is 1. The van der Waals surface area contributed by atoms with Gasteiger partial charge >= 0.3 is 12.1 Å². The topological polar surface area (TPSA) is 51.2 Å². The van der Waals surface area contributed by atoms with Crippen molar-refractivity contribution < 1.29 is 22.7 Å². The van der Waals surface area contributed by atoms with Gasteiger partial charge in [0.25, 0.3) is 0 Å². The minimum absolute atomic E-state index is 0.0596. The van der Waals surface area contributed by atoms with Gasteiger partial charge in [-0.3, -0.25) is 0 Å². The second-order valence-corrected chi connectivity index (χ2v) is 4.60. The summed E-state index contributed by atoms with van der Waals surface area (Å²) in [6.45, 7) is 2.31. The van der Waals surface area contributed by atoms with Crippen molar-refractivity contribution >= 4 is 22.3 Å². The summed E-state index contributed by atoms with van der Waals surface area (Å²) in [5, 5.41) is 3.44. The Morgan fingerprint density at radius 1 is 1.47 bits per heavy atom. The molecule has 0 bridgehead atoms. The minimum atomic E-state index is -4.11. The third kappa shape index (κ3) is 5.91. The zero-order valence-corrected chi connectivity index (χ0v) is 11.2. The van der Waals surface area contributed by atoms with Crippen LogP contribution in [0.3, 0.4) is 0 Å². The van der Waals surface area contributed by atoms with Gasteiger partial charge in [0.2, 0.25) is 0 Å². The second kappa shape index (κ2) is 7.32. The smallest absolute Gasteiger partial charge is 0.389 e. The molecule has 1 rings (SSSR count). The van der Waals surface area contributed by atoms with E-state index < -0.39 is 18.6 Å². The maximum absolute atomic E-state index is 11.9. The first kappa shape index (κ1) is 15.7. The van der Waals surface area contributed by atoms with E-state index in [1.54, 1.807) is 6.92 Å². The van der Waals surface area contributed by atoms with Gasteiger partial charge in [-0.1, -0.05) is 0 Å². The fraction of sp³-hybridized carbons (Fsp3) is 0.636. The molecule has 0 amide bonds. The third-order valence-electron chi connectivity index (χ3n) is 2.21. The third-order valence-corrected chi connectivity index (χ3v) is 2.99. The van der Waals surface area contributed by atoms with Gasteiger partial charge in [0, 0.05) is 13.0 Å². The number of aromatic nitrogens is 1. The Hall–Kier alpha value is -1.31. The Morgan fingerprint density at radius 3 is 2.84 bits per heavy atom. The van der Waals surface area contributed by atoms with E-state index in [4.69, 9.17) is 4.74 Å². The van der Waals surface area contributed by atoms with Crippen LogP contribution in [0.1, 0.15) is 36.7 Å². The van der Waals surface area contributed by atoms with Gasteiger partial charge in [-0.2, -0.15) is 13.2 Å². The number of carbonyl (C=O) groups excluding carboxylic acids is 1. The van der Waals surface area contributed by atoms with Crippen molar-refractivity contribution in [3.63, 3.8) is 0 Å². The number of alkyl halides is 3. The molecule has 0 unspecified atom stereocenters. The quantitative estimate of drug-likeness (QED) is 0.618. The number of halogens is 3. The standard InChI is InChI=1S/C11H15F3N2O2S/c1-2-18-10(17)8-9(19-7-16-8)15-6-4-3-5-11(12,13)14/h7,15H,2-6H2,1H3. The molecule has 0 fully saturated rings. The SMILES string of the molecule is CCOC(=O)c1ncsc1NCCCCC(F)(F)F. The molecule has 0 aliphatic carbocycles. The molecule has 4 nitrogen and oxygen atoms in total. The van der Waals surface area contributed by atoms with Crippen molar-refractivity contribution in [2.24, 2.45) is 0 Å². The fourth-order valence-electron chi connectivity index (χ4n) is 1.37. The Kier molecular flexibility index (Phi) is 6.07. The zero-order chi connectivity index (χ0) is 14.3. The first-order valence-electron chi connectivity index (χ1n) is 5.85. The predicted molar refractivity (Wildman–Crippen MR) is 66.5 cm³/mol. The number of carbonyl (C=O) groups is 1. The number of hydrogen-bond donors (Lipinski definition) is 1. The number of hydrogen-bond acceptors (Lipinski definition) is 5. The lowest BCUT2D eigenvalue weighted by Gasteiger charge is -2.07. The maximum Gasteiger partial charge on any atom is 0.389 e. The zero-order valence-electron chi connectivity index (χ0n) is 10.4. The number of anilines is 1. The minimum Gasteiger partial charge on any atom is -0.461 e. The summed E-state index contributed by atoms with van der Waals surface area (Å²) in [7, 11) is 0. The molecule has 0 atom stereocenters. The predicted octanol–water partition coefficient (Wildman–Crippen LogP) is 3.46. The van der Waals surface area contributed by atoms with Gasteiger partial charge in [0.05, 0.1) is 12.1 Å². The summed E-state index contributed by atoms with van der Waals surface area (Å²) in [6, 6.07) is 0. The van der Waals surface area contributed by atoms with Crippen LogP contribution < -0.4 is 5.32 Å². The van der Waals surface area contributed by atoms with Gasteiger partial charge in [-0.05, 0) is 19.8 Å². The lowest BCUT2D eigenvalue weighted by atomic mass is 10.2. The first-order valence-corrected chi connectivity index (χ1v) is 6.73. The van der Waals surface area contributed by atoms with Crippen LogP contribution >= 0.6 is 11.3 Å². The van der Waals surface area contributed by atoms with Crippen molar-refractivity contribution in [3.8, 4) is 0 Å². The van der Waals surface area contributed by atoms with Crippen molar-refractivity contribution in [1.82, 2.24) is 4.98 Å². The largest absolute Gasteiger partial charge is 0.461 e. The molecule has 19 heavy (non-hydrogen) atoms. The van der Waals surface area contributed by atoms with Crippen LogP contribution in [0.15, 0.2) is 5.51 Å². The Morgan fingerprint density at radius 2 is 2.21 bits per heavy atom. The van der Waals surface area contributed by atoms with Crippen LogP contribution in [0.25, 0.3) is 0 Å². The van der Waals surface area contributed by atoms with E-state index in [0.717, 1.165) is 0 Å². The molecule has 0 saturated heterocycles. The second-order valence-electron chi connectivity index (χ2n) is 3.75. The van der Waals surface area contributed by atoms with Crippen LogP contribution in [0.2, 0.25) is 0 Å². The number of thiazole rings is 1. The number of esters is 1. The molecule has 0 aliphatic rings. The summed E-state index contributed by atoms with van der Waals surface area (Å²) in [4.78, 5) is 15.4. The molecule has 1 aromatic rings. The highest BCUT2D eigenvalue weighted by Gasteiger charge is 2.25. The van der Waals surface area contributed by atoms with E-state index >= 15 is 0 Å². The van der Waals surface area contributed by atoms with Crippen molar-refractivity contribution in [3.05, 3.63) is 11.2 Å². The average molecular weight is 296 g/mol. The Balaban J connectivity index is 2.34. The summed E-state index contributed by atoms with van der Waals surface area (Å²) in [5.41, 5.74) is 1.67. The number of nitrogens with zero attached hydrogens (tertiary/aromatic N) is 1. The molecule has 8 heteroatoms. The molecule has 0 aliphatic heterocycles. The highest BCUT2D eigenvalue weighted by Crippen LogP contribution is 2.23. The molecule has 0 radical (unpaired) electrons. The molecular weight excluding hydrogens is 281 g/mol. The van der Waals surface area contributed by atoms with Crippen LogP contribution in [0, 0.1) is 0 Å². The fourth-order valence-corrected chi connectivity index (χ4v) is 2.07. The number of ether oxygens (including phenoxy) is 1. The molecule has 0 spiro atoms. The van der Waals surface area contributed by atoms with Crippen molar-refractivity contribution in [2.75, 3.05) is 18.5 Å². The molecular formula is C11H15F3N2O2S. The van der Waals surface area contributed by atoms with Crippen LogP contribution in [0.5, 0.6) is 0 Å². The maximum atomic E-state index is 11.9. The van der Waals surface area contributed by atoms with Gasteiger partial charge in [0.15, 0.2) is 5.69 Å². The normalized spacial score (nSPS) is 11.4. The highest BCUT2D eigenvalue weighted by atomic mass is 32.1. The lowest BCUT2D eigenvalue weighted by Crippen LogP contribution is -2.11. The van der Waals surface area contributed by atoms with Crippen molar-refractivity contribution in [2.45, 2.75) is 32.4 Å². The van der Waals surface area contributed by atoms with Crippen LogP contribution in [-0.2, 0) is 4.74 Å². The van der Waals surface area contributed by atoms with E-state index in [1.165, 1.54) is 16.8 Å². The van der Waals surface area contributed by atoms with Gasteiger partial charge in [-0.15, -0.1) is 11.3 Å². The molecule has 1 aromatic heterocycles. The van der Waals surface area contributed by atoms with Gasteiger partial charge in [-0.25, -0.2) is 9.78 Å². The monoisotopic (exact) mass is 296 g/mol. The van der Waals surface area contributed by atoms with Crippen LogP contribution in [0.4, 0.5) is 18.2 Å². The van der Waals surface area contributed by atoms with Crippen LogP contribution in [-0.4, -0.2) is 30.3 Å². The summed E-state index contributed by atoms with van der Waals surface area (Å²) < 4.78 is 40.6. The van der Waals surface area contributed by atoms with E-state index in [2.05, 4.69) is 10.3 Å². The average Bonchev–Trinajstić information content (AvgIpc) is 2.75. The first-order chi connectivity index (χ1) is 8.94. The number of nitrogens with one attached hydrogen (secondary N) is 1. The molecule has 1 N–H and O–H groups in total. The summed E-state index contributed by atoms with van der Waals surface area (Å²) in [6.07, 6.45) is -4.47.